The van der Waals surface area contributed by atoms with Crippen LogP contribution in [0.4, 0.5) is 24.5 Å². The molecule has 3 aromatic rings. The van der Waals surface area contributed by atoms with Gasteiger partial charge in [-0.15, -0.1) is 0 Å². The van der Waals surface area contributed by atoms with E-state index in [1.807, 2.05) is 62.4 Å². The molecule has 0 heterocycles. The van der Waals surface area contributed by atoms with Gasteiger partial charge in [0.05, 0.1) is 29.6 Å². The molecule has 3 N–H and O–H groups in total. The van der Waals surface area contributed by atoms with Crippen molar-refractivity contribution in [3.05, 3.63) is 94.5 Å². The minimum atomic E-state index is -4.43. The van der Waals surface area contributed by atoms with E-state index >= 15 is 0 Å². The first kappa shape index (κ1) is 22.7. The predicted molar refractivity (Wildman–Crippen MR) is 119 cm³/mol. The smallest absolute Gasteiger partial charge is 0.394 e. The Morgan fingerprint density at radius 2 is 1.39 bits per heavy atom. The van der Waals surface area contributed by atoms with E-state index in [2.05, 4.69) is 10.6 Å². The van der Waals surface area contributed by atoms with Gasteiger partial charge < -0.3 is 15.7 Å². The summed E-state index contributed by atoms with van der Waals surface area (Å²) in [5.41, 5.74) is 4.41. The number of anilines is 2. The van der Waals surface area contributed by atoms with Gasteiger partial charge in [-0.2, -0.15) is 13.2 Å². The van der Waals surface area contributed by atoms with Crippen LogP contribution in [-0.2, 0) is 19.1 Å². The first-order chi connectivity index (χ1) is 14.7. The summed E-state index contributed by atoms with van der Waals surface area (Å²) in [6.45, 7) is 4.22. The van der Waals surface area contributed by atoms with Gasteiger partial charge in [0, 0.05) is 6.54 Å². The van der Waals surface area contributed by atoms with E-state index in [-0.39, 0.29) is 12.6 Å². The highest BCUT2D eigenvalue weighted by atomic mass is 19.4. The minimum absolute atomic E-state index is 0.147. The molecule has 0 unspecified atom stereocenters. The number of hydrogen-bond acceptors (Lipinski definition) is 3. The summed E-state index contributed by atoms with van der Waals surface area (Å²) in [4.78, 5) is 0. The van der Waals surface area contributed by atoms with Crippen LogP contribution in [-0.4, -0.2) is 17.8 Å². The molecule has 0 amide bonds. The highest BCUT2D eigenvalue weighted by Gasteiger charge is 2.31. The molecular weight excluding hydrogens is 401 g/mol. The van der Waals surface area contributed by atoms with Crippen molar-refractivity contribution in [2.75, 3.05) is 17.2 Å². The zero-order valence-electron chi connectivity index (χ0n) is 17.6. The highest BCUT2D eigenvalue weighted by molar-refractivity contribution is 5.70. The predicted octanol–water partition coefficient (Wildman–Crippen LogP) is 5.95. The van der Waals surface area contributed by atoms with Crippen LogP contribution in [0.1, 0.15) is 27.8 Å². The van der Waals surface area contributed by atoms with Gasteiger partial charge in [-0.05, 0) is 49.6 Å². The van der Waals surface area contributed by atoms with Gasteiger partial charge in [-0.3, -0.25) is 0 Å². The molecule has 0 radical (unpaired) electrons. The number of aliphatic hydroxyl groups excluding tert-OH is 1. The standard InChI is InChI=1S/C25H27F3N2O/c1-17-3-7-19(8-4-17)13-22(16-31)30-23-12-11-21(25(26,27)28)14-24(23)29-15-20-9-5-18(2)6-10-20/h3-12,14,22,29-31H,13,15-16H2,1-2H3/t22-/m0/s1. The van der Waals surface area contributed by atoms with Crippen LogP contribution in [0.15, 0.2) is 66.7 Å². The molecule has 1 atom stereocenters. The number of rotatable bonds is 8. The summed E-state index contributed by atoms with van der Waals surface area (Å²) in [6, 6.07) is 19.0. The molecule has 0 bridgehead atoms. The third kappa shape index (κ3) is 6.49. The second kappa shape index (κ2) is 9.88. The molecule has 0 spiro atoms. The van der Waals surface area contributed by atoms with E-state index in [4.69, 9.17) is 0 Å². The molecule has 0 saturated carbocycles. The van der Waals surface area contributed by atoms with Gasteiger partial charge in [0.25, 0.3) is 0 Å². The maximum absolute atomic E-state index is 13.3. The van der Waals surface area contributed by atoms with Crippen LogP contribution in [0.2, 0.25) is 0 Å². The third-order valence-corrected chi connectivity index (χ3v) is 5.13. The topological polar surface area (TPSA) is 44.3 Å². The van der Waals surface area contributed by atoms with E-state index in [1.165, 1.54) is 6.07 Å². The van der Waals surface area contributed by atoms with Crippen molar-refractivity contribution in [1.29, 1.82) is 0 Å². The van der Waals surface area contributed by atoms with Crippen LogP contribution in [0.3, 0.4) is 0 Å². The highest BCUT2D eigenvalue weighted by Crippen LogP contribution is 2.34. The van der Waals surface area contributed by atoms with Crippen LogP contribution in [0.5, 0.6) is 0 Å². The number of halogens is 3. The number of aliphatic hydroxyl groups is 1. The van der Waals surface area contributed by atoms with Crippen molar-refractivity contribution in [3.63, 3.8) is 0 Å². The summed E-state index contributed by atoms with van der Waals surface area (Å²) >= 11 is 0. The number of aryl methyl sites for hydroxylation is 2. The summed E-state index contributed by atoms with van der Waals surface area (Å²) < 4.78 is 39.8. The van der Waals surface area contributed by atoms with Crippen molar-refractivity contribution in [3.8, 4) is 0 Å². The molecule has 6 heteroatoms. The Balaban J connectivity index is 1.81. The normalized spacial score (nSPS) is 12.5. The van der Waals surface area contributed by atoms with Crippen molar-refractivity contribution in [2.45, 2.75) is 39.0 Å². The lowest BCUT2D eigenvalue weighted by Gasteiger charge is -2.22. The molecule has 0 saturated heterocycles. The maximum Gasteiger partial charge on any atom is 0.416 e. The lowest BCUT2D eigenvalue weighted by molar-refractivity contribution is -0.137. The molecular formula is C25H27F3N2O. The van der Waals surface area contributed by atoms with Crippen LogP contribution in [0, 0.1) is 13.8 Å². The molecule has 0 aromatic heterocycles. The van der Waals surface area contributed by atoms with Crippen LogP contribution >= 0.6 is 0 Å². The summed E-state index contributed by atoms with van der Waals surface area (Å²) in [7, 11) is 0. The number of alkyl halides is 3. The number of nitrogens with one attached hydrogen (secondary N) is 2. The summed E-state index contributed by atoms with van der Waals surface area (Å²) in [5, 5.41) is 16.2. The second-order valence-electron chi connectivity index (χ2n) is 7.81. The fourth-order valence-electron chi connectivity index (χ4n) is 3.29. The molecule has 0 aliphatic heterocycles. The molecule has 3 rings (SSSR count). The molecule has 3 aromatic carbocycles. The number of hydrogen-bond donors (Lipinski definition) is 3. The van der Waals surface area contributed by atoms with Gasteiger partial charge in [-0.25, -0.2) is 0 Å². The zero-order valence-corrected chi connectivity index (χ0v) is 17.6. The van der Waals surface area contributed by atoms with Gasteiger partial charge in [0.15, 0.2) is 0 Å². The van der Waals surface area contributed by atoms with Crippen molar-refractivity contribution in [2.24, 2.45) is 0 Å². The molecule has 164 valence electrons. The Hall–Kier alpha value is -2.99. The SMILES string of the molecule is Cc1ccc(CNc2cc(C(F)(F)F)ccc2N[C@H](CO)Cc2ccc(C)cc2)cc1. The second-order valence-corrected chi connectivity index (χ2v) is 7.81. The summed E-state index contributed by atoms with van der Waals surface area (Å²) in [5.74, 6) is 0. The third-order valence-electron chi connectivity index (χ3n) is 5.13. The van der Waals surface area contributed by atoms with E-state index < -0.39 is 11.7 Å². The number of benzene rings is 3. The average Bonchev–Trinajstić information content (AvgIpc) is 2.74. The Bertz CT molecular complexity index is 983. The summed E-state index contributed by atoms with van der Waals surface area (Å²) in [6.07, 6.45) is -3.88. The van der Waals surface area contributed by atoms with Gasteiger partial charge in [-0.1, -0.05) is 59.7 Å². The Morgan fingerprint density at radius 3 is 1.94 bits per heavy atom. The fourth-order valence-corrected chi connectivity index (χ4v) is 3.29. The monoisotopic (exact) mass is 428 g/mol. The van der Waals surface area contributed by atoms with Crippen LogP contribution in [0.25, 0.3) is 0 Å². The van der Waals surface area contributed by atoms with Crippen LogP contribution < -0.4 is 10.6 Å². The first-order valence-corrected chi connectivity index (χ1v) is 10.2. The van der Waals surface area contributed by atoms with Gasteiger partial charge in [0.2, 0.25) is 0 Å². The van der Waals surface area contributed by atoms with E-state index in [1.54, 1.807) is 0 Å². The lowest BCUT2D eigenvalue weighted by atomic mass is 10.0. The van der Waals surface area contributed by atoms with Crippen molar-refractivity contribution < 1.29 is 18.3 Å². The van der Waals surface area contributed by atoms with E-state index in [0.717, 1.165) is 34.4 Å². The Morgan fingerprint density at radius 1 is 0.806 bits per heavy atom. The lowest BCUT2D eigenvalue weighted by Crippen LogP contribution is -2.27. The Kier molecular flexibility index (Phi) is 7.23. The molecule has 0 aliphatic rings. The fraction of sp³-hybridized carbons (Fsp3) is 0.280. The average molecular weight is 428 g/mol. The maximum atomic E-state index is 13.3. The van der Waals surface area contributed by atoms with Crippen molar-refractivity contribution >= 4 is 11.4 Å². The molecule has 0 fully saturated rings. The van der Waals surface area contributed by atoms with E-state index in [0.29, 0.717) is 24.3 Å². The van der Waals surface area contributed by atoms with Crippen molar-refractivity contribution in [1.82, 2.24) is 0 Å². The molecule has 31 heavy (non-hydrogen) atoms. The largest absolute Gasteiger partial charge is 0.416 e. The van der Waals surface area contributed by atoms with Gasteiger partial charge in [0.1, 0.15) is 0 Å². The molecule has 0 aliphatic carbocycles. The zero-order chi connectivity index (χ0) is 22.4. The first-order valence-electron chi connectivity index (χ1n) is 10.2. The van der Waals surface area contributed by atoms with E-state index in [9.17, 15) is 18.3 Å². The van der Waals surface area contributed by atoms with Gasteiger partial charge >= 0.3 is 6.18 Å². The minimum Gasteiger partial charge on any atom is -0.394 e. The quantitative estimate of drug-likeness (QED) is 0.415. The molecule has 3 nitrogen and oxygen atoms in total. The Labute approximate surface area is 180 Å².